The third-order valence-corrected chi connectivity index (χ3v) is 7.33. The number of aromatic nitrogens is 1. The van der Waals surface area contributed by atoms with Gasteiger partial charge in [0.05, 0.1) is 25.7 Å². The number of thiazole rings is 1. The molecule has 7 nitrogen and oxygen atoms in total. The highest BCUT2D eigenvalue weighted by atomic mass is 32.2. The largest absolute Gasteiger partial charge is 0.497 e. The summed E-state index contributed by atoms with van der Waals surface area (Å²) >= 11 is 1.69. The molecule has 1 aliphatic carbocycles. The fourth-order valence-corrected chi connectivity index (χ4v) is 5.83. The number of hydrogen-bond donors (Lipinski definition) is 2. The Labute approximate surface area is 175 Å². The molecule has 158 valence electrons. The first-order valence-corrected chi connectivity index (χ1v) is 12.6. The van der Waals surface area contributed by atoms with E-state index in [2.05, 4.69) is 10.0 Å². The Hall–Kier alpha value is -1.84. The average molecular weight is 438 g/mol. The van der Waals surface area contributed by atoms with Gasteiger partial charge in [0.15, 0.2) is 5.13 Å². The van der Waals surface area contributed by atoms with Crippen molar-refractivity contribution in [3.05, 3.63) is 23.1 Å². The smallest absolute Gasteiger partial charge is 0.208 e. The van der Waals surface area contributed by atoms with E-state index in [0.29, 0.717) is 12.5 Å². The third kappa shape index (κ3) is 5.02. The van der Waals surface area contributed by atoms with Gasteiger partial charge in [0.1, 0.15) is 11.5 Å². The van der Waals surface area contributed by atoms with Crippen LogP contribution in [0.15, 0.2) is 18.2 Å². The summed E-state index contributed by atoms with van der Waals surface area (Å²) in [6.07, 6.45) is 5.87. The molecular formula is C20H27N3O4S2. The summed E-state index contributed by atoms with van der Waals surface area (Å²) in [5.74, 6) is 2.17. The number of anilines is 1. The van der Waals surface area contributed by atoms with Gasteiger partial charge in [-0.1, -0.05) is 0 Å². The van der Waals surface area contributed by atoms with Gasteiger partial charge in [0, 0.05) is 29.4 Å². The number of fused-ring (bicyclic) bond motifs is 3. The molecule has 0 spiro atoms. The van der Waals surface area contributed by atoms with Gasteiger partial charge in [-0.25, -0.2) is 18.1 Å². The number of ether oxygens (including phenoxy) is 2. The molecule has 0 saturated heterocycles. The lowest BCUT2D eigenvalue weighted by Crippen LogP contribution is -2.37. The van der Waals surface area contributed by atoms with Crippen LogP contribution in [-0.2, 0) is 16.4 Å². The van der Waals surface area contributed by atoms with Gasteiger partial charge in [0.2, 0.25) is 10.0 Å². The number of rotatable bonds is 6. The number of sulfonamides is 1. The highest BCUT2D eigenvalue weighted by Crippen LogP contribution is 2.40. The van der Waals surface area contributed by atoms with Crippen LogP contribution >= 0.6 is 11.3 Å². The lowest BCUT2D eigenvalue weighted by molar-refractivity contribution is 0.324. The molecular weight excluding hydrogens is 410 g/mol. The zero-order chi connectivity index (χ0) is 20.4. The van der Waals surface area contributed by atoms with Crippen LogP contribution in [-0.4, -0.2) is 46.0 Å². The fourth-order valence-electron chi connectivity index (χ4n) is 4.03. The van der Waals surface area contributed by atoms with E-state index in [-0.39, 0.29) is 6.04 Å². The zero-order valence-electron chi connectivity index (χ0n) is 16.7. The molecule has 4 rings (SSSR count). The summed E-state index contributed by atoms with van der Waals surface area (Å²) in [6.45, 7) is 1.50. The number of hydrogen-bond acceptors (Lipinski definition) is 7. The average Bonchev–Trinajstić information content (AvgIpc) is 3.02. The zero-order valence-corrected chi connectivity index (χ0v) is 18.4. The van der Waals surface area contributed by atoms with Crippen molar-refractivity contribution in [1.82, 2.24) is 9.71 Å². The number of nitrogens with zero attached hydrogens (tertiary/aromatic N) is 1. The quantitative estimate of drug-likeness (QED) is 0.721. The predicted molar refractivity (Wildman–Crippen MR) is 116 cm³/mol. The summed E-state index contributed by atoms with van der Waals surface area (Å²) in [5.41, 5.74) is 1.96. The SMILES string of the molecule is COc1ccc2c(c1)-c1nc(NC[C@H]3CC[C@H](NS(C)(=O)=O)CC3)sc1CCO2. The van der Waals surface area contributed by atoms with Gasteiger partial charge >= 0.3 is 0 Å². The Balaban J connectivity index is 1.40. The van der Waals surface area contributed by atoms with E-state index in [4.69, 9.17) is 14.5 Å². The van der Waals surface area contributed by atoms with Crippen LogP contribution < -0.4 is 19.5 Å². The monoisotopic (exact) mass is 437 g/mol. The molecule has 1 aliphatic heterocycles. The molecule has 2 heterocycles. The Morgan fingerprint density at radius 1 is 1.28 bits per heavy atom. The van der Waals surface area contributed by atoms with E-state index < -0.39 is 10.0 Å². The molecule has 29 heavy (non-hydrogen) atoms. The van der Waals surface area contributed by atoms with E-state index in [0.717, 1.165) is 66.5 Å². The number of methoxy groups -OCH3 is 1. The lowest BCUT2D eigenvalue weighted by Gasteiger charge is -2.28. The minimum Gasteiger partial charge on any atom is -0.497 e. The second kappa shape index (κ2) is 8.49. The molecule has 2 N–H and O–H groups in total. The van der Waals surface area contributed by atoms with Crippen molar-refractivity contribution < 1.29 is 17.9 Å². The Morgan fingerprint density at radius 2 is 2.07 bits per heavy atom. The van der Waals surface area contributed by atoms with Crippen molar-refractivity contribution in [3.63, 3.8) is 0 Å². The normalized spacial score (nSPS) is 21.4. The first-order valence-electron chi connectivity index (χ1n) is 9.93. The van der Waals surface area contributed by atoms with Gasteiger partial charge in [-0.2, -0.15) is 0 Å². The topological polar surface area (TPSA) is 89.5 Å². The van der Waals surface area contributed by atoms with Crippen molar-refractivity contribution in [3.8, 4) is 22.8 Å². The molecule has 0 bridgehead atoms. The van der Waals surface area contributed by atoms with Crippen LogP contribution in [0.4, 0.5) is 5.13 Å². The van der Waals surface area contributed by atoms with Crippen molar-refractivity contribution in [2.24, 2.45) is 5.92 Å². The molecule has 9 heteroatoms. The lowest BCUT2D eigenvalue weighted by atomic mass is 9.86. The van der Waals surface area contributed by atoms with Crippen molar-refractivity contribution >= 4 is 26.5 Å². The van der Waals surface area contributed by atoms with Crippen molar-refractivity contribution in [1.29, 1.82) is 0 Å². The van der Waals surface area contributed by atoms with Crippen LogP contribution in [0.3, 0.4) is 0 Å². The van der Waals surface area contributed by atoms with Gasteiger partial charge in [-0.15, -0.1) is 11.3 Å². The molecule has 1 aromatic heterocycles. The first kappa shape index (κ1) is 20.4. The van der Waals surface area contributed by atoms with E-state index in [1.54, 1.807) is 18.4 Å². The summed E-state index contributed by atoms with van der Waals surface area (Å²) in [5, 5.41) is 4.44. The Kier molecular flexibility index (Phi) is 5.98. The van der Waals surface area contributed by atoms with Gasteiger partial charge in [-0.3, -0.25) is 0 Å². The van der Waals surface area contributed by atoms with Gasteiger partial charge < -0.3 is 14.8 Å². The van der Waals surface area contributed by atoms with E-state index in [9.17, 15) is 8.42 Å². The van der Waals surface area contributed by atoms with E-state index >= 15 is 0 Å². The maximum absolute atomic E-state index is 11.4. The van der Waals surface area contributed by atoms with Crippen LogP contribution in [0.5, 0.6) is 11.5 Å². The summed E-state index contributed by atoms with van der Waals surface area (Å²) in [7, 11) is -1.46. The second-order valence-electron chi connectivity index (χ2n) is 7.74. The number of nitrogens with one attached hydrogen (secondary N) is 2. The minimum atomic E-state index is -3.12. The maximum Gasteiger partial charge on any atom is 0.208 e. The molecule has 1 fully saturated rings. The first-order chi connectivity index (χ1) is 13.9. The Bertz CT molecular complexity index is 966. The fraction of sp³-hybridized carbons (Fsp3) is 0.550. The summed E-state index contributed by atoms with van der Waals surface area (Å²) in [4.78, 5) is 6.08. The highest BCUT2D eigenvalue weighted by Gasteiger charge is 2.24. The third-order valence-electron chi connectivity index (χ3n) is 5.50. The van der Waals surface area contributed by atoms with Crippen LogP contribution in [0.2, 0.25) is 0 Å². The van der Waals surface area contributed by atoms with E-state index in [1.807, 2.05) is 18.2 Å². The molecule has 2 aliphatic rings. The summed E-state index contributed by atoms with van der Waals surface area (Å²) in [6, 6.07) is 5.91. The molecule has 0 unspecified atom stereocenters. The molecule has 1 aromatic carbocycles. The second-order valence-corrected chi connectivity index (χ2v) is 10.6. The minimum absolute atomic E-state index is 0.0728. The van der Waals surface area contributed by atoms with E-state index in [1.165, 1.54) is 11.1 Å². The molecule has 0 radical (unpaired) electrons. The number of benzene rings is 1. The van der Waals surface area contributed by atoms with Crippen LogP contribution in [0.25, 0.3) is 11.3 Å². The van der Waals surface area contributed by atoms with Crippen LogP contribution in [0.1, 0.15) is 30.6 Å². The van der Waals surface area contributed by atoms with Crippen molar-refractivity contribution in [2.75, 3.05) is 31.8 Å². The Morgan fingerprint density at radius 3 is 2.79 bits per heavy atom. The standard InChI is InChI=1S/C20H27N3O4S2/c1-26-15-7-8-17-16(11-15)19-18(9-10-27-17)28-20(22-19)21-12-13-3-5-14(6-4-13)23-29(2,24)25/h7-8,11,13-14,23H,3-6,9-10,12H2,1-2H3,(H,21,22)/t13-,14-. The molecule has 0 atom stereocenters. The molecule has 1 saturated carbocycles. The molecule has 0 amide bonds. The van der Waals surface area contributed by atoms with Gasteiger partial charge in [0.25, 0.3) is 0 Å². The predicted octanol–water partition coefficient (Wildman–Crippen LogP) is 3.27. The maximum atomic E-state index is 11.4. The highest BCUT2D eigenvalue weighted by molar-refractivity contribution is 7.88. The van der Waals surface area contributed by atoms with Crippen LogP contribution in [0, 0.1) is 5.92 Å². The van der Waals surface area contributed by atoms with Crippen molar-refractivity contribution in [2.45, 2.75) is 38.1 Å². The van der Waals surface area contributed by atoms with Gasteiger partial charge in [-0.05, 0) is 49.8 Å². The summed E-state index contributed by atoms with van der Waals surface area (Å²) < 4.78 is 36.8. The molecule has 2 aromatic rings.